The molecule has 1 aliphatic heterocycles. The van der Waals surface area contributed by atoms with E-state index in [9.17, 15) is 20.1 Å². The van der Waals surface area contributed by atoms with Gasteiger partial charge in [0.05, 0.1) is 23.9 Å². The van der Waals surface area contributed by atoms with E-state index in [4.69, 9.17) is 9.47 Å². The maximum Gasteiger partial charge on any atom is 0.303 e. The van der Waals surface area contributed by atoms with Crippen molar-refractivity contribution >= 4 is 5.97 Å². The summed E-state index contributed by atoms with van der Waals surface area (Å²) in [5.74, 6) is 1.68. The third-order valence-corrected chi connectivity index (χ3v) is 12.4. The van der Waals surface area contributed by atoms with Gasteiger partial charge in [-0.1, -0.05) is 20.8 Å². The van der Waals surface area contributed by atoms with Gasteiger partial charge < -0.3 is 24.8 Å². The highest BCUT2D eigenvalue weighted by Gasteiger charge is 2.72. The molecule has 36 heavy (non-hydrogen) atoms. The normalized spacial score (nSPS) is 51.9. The van der Waals surface area contributed by atoms with Gasteiger partial charge in [0.1, 0.15) is 11.7 Å². The summed E-state index contributed by atoms with van der Waals surface area (Å²) >= 11 is 0. The van der Waals surface area contributed by atoms with Crippen LogP contribution in [-0.2, 0) is 14.3 Å². The molecule has 2 unspecified atom stereocenters. The molecule has 0 bridgehead atoms. The molecule has 5 aliphatic rings. The number of esters is 1. The van der Waals surface area contributed by atoms with Gasteiger partial charge in [0.2, 0.25) is 0 Å². The lowest BCUT2D eigenvalue weighted by Crippen LogP contribution is -2.59. The zero-order valence-corrected chi connectivity index (χ0v) is 23.5. The van der Waals surface area contributed by atoms with Crippen molar-refractivity contribution in [1.82, 2.24) is 0 Å². The highest BCUT2D eigenvalue weighted by Crippen LogP contribution is 2.71. The maximum absolute atomic E-state index is 12.4. The monoisotopic (exact) mass is 506 g/mol. The first-order chi connectivity index (χ1) is 16.6. The Morgan fingerprint density at radius 2 is 1.69 bits per heavy atom. The minimum Gasteiger partial charge on any atom is -0.456 e. The van der Waals surface area contributed by atoms with Gasteiger partial charge in [-0.2, -0.15) is 0 Å². The first-order valence-corrected chi connectivity index (χ1v) is 14.6. The van der Waals surface area contributed by atoms with Gasteiger partial charge in [-0.3, -0.25) is 4.79 Å². The molecule has 1 heterocycles. The molecule has 0 aromatic heterocycles. The molecule has 206 valence electrons. The van der Waals surface area contributed by atoms with Crippen LogP contribution in [0.3, 0.4) is 0 Å². The molecular formula is C30H50O6. The van der Waals surface area contributed by atoms with Crippen LogP contribution in [0.5, 0.6) is 0 Å². The molecule has 4 aliphatic carbocycles. The van der Waals surface area contributed by atoms with Crippen LogP contribution >= 0.6 is 0 Å². The Morgan fingerprint density at radius 3 is 2.33 bits per heavy atom. The Hall–Kier alpha value is -0.690. The smallest absolute Gasteiger partial charge is 0.303 e. The Balaban J connectivity index is 1.45. The average molecular weight is 507 g/mol. The highest BCUT2D eigenvalue weighted by atomic mass is 16.6. The van der Waals surface area contributed by atoms with E-state index in [2.05, 4.69) is 13.8 Å². The predicted octanol–water partition coefficient (Wildman–Crippen LogP) is 4.47. The molecule has 0 aromatic rings. The van der Waals surface area contributed by atoms with Crippen molar-refractivity contribution in [3.63, 3.8) is 0 Å². The number of hydrogen-bond donors (Lipinski definition) is 3. The summed E-state index contributed by atoms with van der Waals surface area (Å²) in [6, 6.07) is 0. The number of hydrogen-bond acceptors (Lipinski definition) is 6. The SMILES string of the molecule is CC(=O)O[C@@]1(C)[C@H](C(O)C(C)C(C)(C)O)O[C@H]2C[C@H]3[C@@H]4CC[C@H]5C[C@H](O)CC[C@]5(C)[C@H]4CC[C@]3(C)[C@H]21. The van der Waals surface area contributed by atoms with E-state index in [1.165, 1.54) is 26.2 Å². The minimum atomic E-state index is -1.08. The molecule has 1 saturated heterocycles. The van der Waals surface area contributed by atoms with Crippen LogP contribution in [0.1, 0.15) is 99.8 Å². The van der Waals surface area contributed by atoms with Crippen LogP contribution in [0.25, 0.3) is 0 Å². The van der Waals surface area contributed by atoms with Gasteiger partial charge in [0.25, 0.3) is 0 Å². The standard InChI is InChI=1S/C30H50O6/c1-16(27(3,4)34)24(33)26-30(7,36-17(2)31)25-23(35-26)15-22-20-9-8-18-14-19(32)10-12-28(18,5)21(20)11-13-29(22,25)6/h16,18-26,32-34H,8-15H2,1-7H3/t16?,18-,19+,20+,21-,22-,23-,24?,25-,26-,28-,29-,30+/m0/s1. The summed E-state index contributed by atoms with van der Waals surface area (Å²) in [4.78, 5) is 12.4. The average Bonchev–Trinajstić information content (AvgIpc) is 3.23. The van der Waals surface area contributed by atoms with Crippen LogP contribution < -0.4 is 0 Å². The van der Waals surface area contributed by atoms with Gasteiger partial charge in [-0.15, -0.1) is 0 Å². The molecule has 3 N–H and O–H groups in total. The molecule has 5 rings (SSSR count). The predicted molar refractivity (Wildman–Crippen MR) is 137 cm³/mol. The number of rotatable bonds is 4. The Labute approximate surface area is 217 Å². The molecule has 13 atom stereocenters. The van der Waals surface area contributed by atoms with Crippen LogP contribution in [0.4, 0.5) is 0 Å². The number of carbonyl (C=O) groups is 1. The summed E-state index contributed by atoms with van der Waals surface area (Å²) in [7, 11) is 0. The third-order valence-electron chi connectivity index (χ3n) is 12.4. The third kappa shape index (κ3) is 3.83. The molecule has 0 aromatic carbocycles. The molecular weight excluding hydrogens is 456 g/mol. The number of fused-ring (bicyclic) bond motifs is 7. The van der Waals surface area contributed by atoms with E-state index in [1.807, 2.05) is 13.8 Å². The van der Waals surface area contributed by atoms with E-state index >= 15 is 0 Å². The summed E-state index contributed by atoms with van der Waals surface area (Å²) in [5, 5.41) is 32.4. The molecule has 4 saturated carbocycles. The van der Waals surface area contributed by atoms with Crippen molar-refractivity contribution in [3.05, 3.63) is 0 Å². The second kappa shape index (κ2) is 8.66. The summed E-state index contributed by atoms with van der Waals surface area (Å²) in [6.45, 7) is 13.6. The van der Waals surface area contributed by atoms with E-state index in [0.29, 0.717) is 29.1 Å². The molecule has 6 heteroatoms. The van der Waals surface area contributed by atoms with Crippen LogP contribution in [0.2, 0.25) is 0 Å². The second-order valence-electron chi connectivity index (χ2n) is 14.6. The van der Waals surface area contributed by atoms with E-state index in [1.54, 1.807) is 13.8 Å². The number of aliphatic hydroxyl groups excluding tert-OH is 2. The van der Waals surface area contributed by atoms with E-state index in [0.717, 1.165) is 32.1 Å². The van der Waals surface area contributed by atoms with Gasteiger partial charge in [0, 0.05) is 18.8 Å². The van der Waals surface area contributed by atoms with Gasteiger partial charge in [0.15, 0.2) is 0 Å². The lowest BCUT2D eigenvalue weighted by molar-refractivity contribution is -0.196. The Bertz CT molecular complexity index is 868. The quantitative estimate of drug-likeness (QED) is 0.487. The second-order valence-corrected chi connectivity index (χ2v) is 14.6. The van der Waals surface area contributed by atoms with Gasteiger partial charge in [-0.25, -0.2) is 0 Å². The fourth-order valence-electron chi connectivity index (χ4n) is 10.4. The van der Waals surface area contributed by atoms with Crippen LogP contribution in [0.15, 0.2) is 0 Å². The molecule has 0 amide bonds. The highest BCUT2D eigenvalue weighted by molar-refractivity contribution is 5.66. The lowest BCUT2D eigenvalue weighted by atomic mass is 9.44. The summed E-state index contributed by atoms with van der Waals surface area (Å²) < 4.78 is 12.8. The first-order valence-electron chi connectivity index (χ1n) is 14.6. The fourth-order valence-corrected chi connectivity index (χ4v) is 10.4. The molecule has 5 fully saturated rings. The van der Waals surface area contributed by atoms with E-state index in [-0.39, 0.29) is 29.5 Å². The number of aliphatic hydroxyl groups is 3. The van der Waals surface area contributed by atoms with Crippen molar-refractivity contribution in [2.24, 2.45) is 46.3 Å². The topological polar surface area (TPSA) is 96.2 Å². The van der Waals surface area contributed by atoms with Crippen LogP contribution in [0, 0.1) is 46.3 Å². The lowest BCUT2D eigenvalue weighted by Gasteiger charge is -2.61. The van der Waals surface area contributed by atoms with Crippen molar-refractivity contribution < 1.29 is 29.6 Å². The zero-order valence-electron chi connectivity index (χ0n) is 23.5. The summed E-state index contributed by atoms with van der Waals surface area (Å²) in [5.41, 5.74) is -1.74. The van der Waals surface area contributed by atoms with Crippen molar-refractivity contribution in [2.75, 3.05) is 0 Å². The van der Waals surface area contributed by atoms with Crippen LogP contribution in [-0.4, -0.2) is 56.9 Å². The van der Waals surface area contributed by atoms with Gasteiger partial charge >= 0.3 is 5.97 Å². The molecule has 0 radical (unpaired) electrons. The zero-order chi connectivity index (χ0) is 26.4. The fraction of sp³-hybridized carbons (Fsp3) is 0.967. The minimum absolute atomic E-state index is 0.0206. The Morgan fingerprint density at radius 1 is 1.03 bits per heavy atom. The van der Waals surface area contributed by atoms with Crippen molar-refractivity contribution in [3.8, 4) is 0 Å². The van der Waals surface area contributed by atoms with Gasteiger partial charge in [-0.05, 0) is 107 Å². The number of ether oxygens (including phenoxy) is 2. The molecule has 6 nitrogen and oxygen atoms in total. The van der Waals surface area contributed by atoms with Crippen molar-refractivity contribution in [2.45, 2.75) is 135 Å². The molecule has 0 spiro atoms. The maximum atomic E-state index is 12.4. The van der Waals surface area contributed by atoms with E-state index < -0.39 is 29.3 Å². The van der Waals surface area contributed by atoms with Crippen molar-refractivity contribution in [1.29, 1.82) is 0 Å². The first kappa shape index (κ1) is 26.9. The summed E-state index contributed by atoms with van der Waals surface area (Å²) in [6.07, 6.45) is 6.82. The number of carbonyl (C=O) groups excluding carboxylic acids is 1. The Kier molecular flexibility index (Phi) is 6.47. The largest absolute Gasteiger partial charge is 0.456 e.